The average Bonchev–Trinajstić information content (AvgIpc) is 2.49. The maximum Gasteiger partial charge on any atom is 0.328 e. The van der Waals surface area contributed by atoms with Crippen molar-refractivity contribution in [1.82, 2.24) is 9.88 Å². The van der Waals surface area contributed by atoms with Gasteiger partial charge >= 0.3 is 5.97 Å². The number of nitrogens with zero attached hydrogens (tertiary/aromatic N) is 2. The fourth-order valence-electron chi connectivity index (χ4n) is 1.68. The van der Waals surface area contributed by atoms with E-state index < -0.39 is 5.97 Å². The van der Waals surface area contributed by atoms with Gasteiger partial charge in [-0.15, -0.1) is 0 Å². The summed E-state index contributed by atoms with van der Waals surface area (Å²) in [6.45, 7) is 6.01. The molecular formula is C15H20N2O4. The van der Waals surface area contributed by atoms with Crippen LogP contribution in [-0.4, -0.2) is 53.2 Å². The molecule has 0 aliphatic carbocycles. The van der Waals surface area contributed by atoms with Crippen molar-refractivity contribution in [2.75, 3.05) is 26.3 Å². The van der Waals surface area contributed by atoms with Crippen LogP contribution in [0.4, 0.5) is 0 Å². The molecule has 1 aromatic rings. The molecule has 6 heteroatoms. The summed E-state index contributed by atoms with van der Waals surface area (Å²) < 4.78 is 5.25. The summed E-state index contributed by atoms with van der Waals surface area (Å²) in [5.74, 6) is -1.19. The number of hydrogen-bond acceptors (Lipinski definition) is 4. The Hall–Kier alpha value is -2.21. The van der Waals surface area contributed by atoms with E-state index in [0.717, 1.165) is 6.08 Å². The van der Waals surface area contributed by atoms with Gasteiger partial charge in [-0.2, -0.15) is 0 Å². The molecule has 114 valence electrons. The van der Waals surface area contributed by atoms with Gasteiger partial charge in [0.15, 0.2) is 0 Å². The number of hydrogen-bond donors (Lipinski definition) is 1. The van der Waals surface area contributed by atoms with E-state index >= 15 is 0 Å². The number of ether oxygens (including phenoxy) is 1. The zero-order valence-electron chi connectivity index (χ0n) is 12.3. The minimum atomic E-state index is -1.02. The summed E-state index contributed by atoms with van der Waals surface area (Å²) >= 11 is 0. The smallest absolute Gasteiger partial charge is 0.328 e. The number of pyridine rings is 1. The summed E-state index contributed by atoms with van der Waals surface area (Å²) in [6.07, 6.45) is 3.93. The third-order valence-corrected chi connectivity index (χ3v) is 2.80. The molecule has 1 aromatic heterocycles. The van der Waals surface area contributed by atoms with Gasteiger partial charge < -0.3 is 14.7 Å². The molecule has 0 aliphatic rings. The van der Waals surface area contributed by atoms with Crippen molar-refractivity contribution < 1.29 is 19.4 Å². The molecule has 0 bridgehead atoms. The van der Waals surface area contributed by atoms with Crippen molar-refractivity contribution in [1.29, 1.82) is 0 Å². The molecule has 0 unspecified atom stereocenters. The van der Waals surface area contributed by atoms with E-state index in [9.17, 15) is 9.59 Å². The molecule has 0 spiro atoms. The second-order valence-corrected chi connectivity index (χ2v) is 4.23. The van der Waals surface area contributed by atoms with Crippen molar-refractivity contribution in [3.8, 4) is 0 Å². The fraction of sp³-hybridized carbons (Fsp3) is 0.400. The molecule has 1 heterocycles. The highest BCUT2D eigenvalue weighted by molar-refractivity contribution is 5.92. The van der Waals surface area contributed by atoms with Crippen LogP contribution in [0.5, 0.6) is 0 Å². The van der Waals surface area contributed by atoms with Crippen molar-refractivity contribution in [2.45, 2.75) is 13.8 Å². The van der Waals surface area contributed by atoms with Gasteiger partial charge in [-0.25, -0.2) is 4.79 Å². The first kappa shape index (κ1) is 16.8. The van der Waals surface area contributed by atoms with Crippen LogP contribution in [0.25, 0.3) is 6.08 Å². The molecule has 0 aliphatic heterocycles. The lowest BCUT2D eigenvalue weighted by Crippen LogP contribution is -2.34. The van der Waals surface area contributed by atoms with Crippen LogP contribution in [0.15, 0.2) is 24.4 Å². The Balaban J connectivity index is 2.70. The largest absolute Gasteiger partial charge is 0.478 e. The number of amides is 1. The van der Waals surface area contributed by atoms with Gasteiger partial charge in [-0.05, 0) is 31.6 Å². The third-order valence-electron chi connectivity index (χ3n) is 2.80. The second kappa shape index (κ2) is 8.86. The number of carbonyl (C=O) groups excluding carboxylic acids is 1. The first-order chi connectivity index (χ1) is 10.1. The molecule has 0 atom stereocenters. The highest BCUT2D eigenvalue weighted by Crippen LogP contribution is 2.06. The molecule has 1 N–H and O–H groups in total. The van der Waals surface area contributed by atoms with Crippen molar-refractivity contribution in [3.05, 3.63) is 35.7 Å². The summed E-state index contributed by atoms with van der Waals surface area (Å²) in [4.78, 5) is 28.4. The monoisotopic (exact) mass is 292 g/mol. The van der Waals surface area contributed by atoms with Crippen LogP contribution in [0.2, 0.25) is 0 Å². The number of aliphatic carboxylic acids is 1. The lowest BCUT2D eigenvalue weighted by molar-refractivity contribution is -0.131. The molecule has 0 fully saturated rings. The molecular weight excluding hydrogens is 272 g/mol. The number of carboxylic acid groups (broad SMARTS) is 1. The maximum absolute atomic E-state index is 12.2. The average molecular weight is 292 g/mol. The Morgan fingerprint density at radius 3 is 2.67 bits per heavy atom. The van der Waals surface area contributed by atoms with Crippen molar-refractivity contribution in [2.24, 2.45) is 0 Å². The number of aromatic nitrogens is 1. The zero-order chi connectivity index (χ0) is 15.7. The van der Waals surface area contributed by atoms with Crippen LogP contribution in [0.1, 0.15) is 29.9 Å². The standard InChI is InChI=1S/C15H20N2O4/c1-3-17(9-10-21-4-2)15(20)13-7-5-12(11-16-13)6-8-14(18)19/h5-8,11H,3-4,9-10H2,1-2H3,(H,18,19). The molecule has 1 amide bonds. The highest BCUT2D eigenvalue weighted by atomic mass is 16.5. The van der Waals surface area contributed by atoms with E-state index in [1.807, 2.05) is 13.8 Å². The van der Waals surface area contributed by atoms with Gasteiger partial charge in [0.25, 0.3) is 5.91 Å². The molecule has 0 radical (unpaired) electrons. The van der Waals surface area contributed by atoms with Gasteiger partial charge in [-0.1, -0.05) is 6.07 Å². The minimum Gasteiger partial charge on any atom is -0.478 e. The highest BCUT2D eigenvalue weighted by Gasteiger charge is 2.14. The lowest BCUT2D eigenvalue weighted by Gasteiger charge is -2.20. The molecule has 0 saturated heterocycles. The molecule has 0 aromatic carbocycles. The van der Waals surface area contributed by atoms with Crippen LogP contribution in [-0.2, 0) is 9.53 Å². The van der Waals surface area contributed by atoms with E-state index in [4.69, 9.17) is 9.84 Å². The number of carbonyl (C=O) groups is 2. The van der Waals surface area contributed by atoms with Crippen LogP contribution in [0.3, 0.4) is 0 Å². The van der Waals surface area contributed by atoms with E-state index in [1.165, 1.54) is 12.3 Å². The predicted molar refractivity (Wildman–Crippen MR) is 79.0 cm³/mol. The van der Waals surface area contributed by atoms with Gasteiger partial charge in [0.05, 0.1) is 6.61 Å². The summed E-state index contributed by atoms with van der Waals surface area (Å²) in [5, 5.41) is 8.55. The Morgan fingerprint density at radius 2 is 2.14 bits per heavy atom. The number of likely N-dealkylation sites (N-methyl/N-ethyl adjacent to an activating group) is 1. The Bertz CT molecular complexity index is 497. The number of rotatable bonds is 8. The fourth-order valence-corrected chi connectivity index (χ4v) is 1.68. The van der Waals surface area contributed by atoms with E-state index in [1.54, 1.807) is 17.0 Å². The zero-order valence-corrected chi connectivity index (χ0v) is 12.3. The summed E-state index contributed by atoms with van der Waals surface area (Å²) in [6, 6.07) is 3.25. The maximum atomic E-state index is 12.2. The van der Waals surface area contributed by atoms with Crippen LogP contribution in [0, 0.1) is 0 Å². The Morgan fingerprint density at radius 1 is 1.38 bits per heavy atom. The Labute approximate surface area is 124 Å². The van der Waals surface area contributed by atoms with E-state index in [0.29, 0.717) is 37.6 Å². The Kier molecular flexibility index (Phi) is 7.11. The lowest BCUT2D eigenvalue weighted by atomic mass is 10.2. The first-order valence-electron chi connectivity index (χ1n) is 6.82. The van der Waals surface area contributed by atoms with Crippen LogP contribution < -0.4 is 0 Å². The summed E-state index contributed by atoms with van der Waals surface area (Å²) in [5.41, 5.74) is 0.965. The SMILES string of the molecule is CCOCCN(CC)C(=O)c1ccc(C=CC(=O)O)cn1. The van der Waals surface area contributed by atoms with Gasteiger partial charge in [-0.3, -0.25) is 9.78 Å². The topological polar surface area (TPSA) is 79.7 Å². The second-order valence-electron chi connectivity index (χ2n) is 4.23. The van der Waals surface area contributed by atoms with E-state index in [2.05, 4.69) is 4.98 Å². The molecule has 21 heavy (non-hydrogen) atoms. The first-order valence-corrected chi connectivity index (χ1v) is 6.82. The van der Waals surface area contributed by atoms with Gasteiger partial charge in [0, 0.05) is 32.0 Å². The van der Waals surface area contributed by atoms with Crippen molar-refractivity contribution in [3.63, 3.8) is 0 Å². The van der Waals surface area contributed by atoms with Gasteiger partial charge in [0.2, 0.25) is 0 Å². The molecule has 1 rings (SSSR count). The summed E-state index contributed by atoms with van der Waals surface area (Å²) in [7, 11) is 0. The van der Waals surface area contributed by atoms with Gasteiger partial charge in [0.1, 0.15) is 5.69 Å². The normalized spacial score (nSPS) is 10.8. The molecule has 6 nitrogen and oxygen atoms in total. The number of carboxylic acids is 1. The minimum absolute atomic E-state index is 0.161. The van der Waals surface area contributed by atoms with E-state index in [-0.39, 0.29) is 5.91 Å². The molecule has 0 saturated carbocycles. The van der Waals surface area contributed by atoms with Crippen LogP contribution >= 0.6 is 0 Å². The predicted octanol–water partition coefficient (Wildman–Crippen LogP) is 1.68. The quantitative estimate of drug-likeness (QED) is 0.582. The third kappa shape index (κ3) is 5.74. The van der Waals surface area contributed by atoms with Crippen molar-refractivity contribution >= 4 is 18.0 Å².